The SMILES string of the molecule is CCCCC(=O)NCCN1CCN(c2nc3c(OC)c(OC)ccc3s2)CC1. The average Bonchev–Trinajstić information content (AvgIpc) is 3.16. The molecule has 0 spiro atoms. The lowest BCUT2D eigenvalue weighted by atomic mass is 10.2. The molecule has 1 N–H and O–H groups in total. The van der Waals surface area contributed by atoms with Crippen LogP contribution in [0.5, 0.6) is 11.5 Å². The predicted octanol–water partition coefficient (Wildman–Crippen LogP) is 2.74. The lowest BCUT2D eigenvalue weighted by Gasteiger charge is -2.34. The van der Waals surface area contributed by atoms with Gasteiger partial charge in [-0.25, -0.2) is 4.98 Å². The third-order valence-electron chi connectivity index (χ3n) is 5.04. The molecule has 0 atom stereocenters. The van der Waals surface area contributed by atoms with Crippen molar-refractivity contribution in [3.05, 3.63) is 12.1 Å². The maximum Gasteiger partial charge on any atom is 0.220 e. The highest BCUT2D eigenvalue weighted by Crippen LogP contribution is 2.39. The van der Waals surface area contributed by atoms with E-state index in [0.29, 0.717) is 17.9 Å². The average molecular weight is 407 g/mol. The number of ether oxygens (including phenoxy) is 2. The second kappa shape index (κ2) is 9.93. The summed E-state index contributed by atoms with van der Waals surface area (Å²) in [6.07, 6.45) is 2.65. The fourth-order valence-electron chi connectivity index (χ4n) is 3.37. The highest BCUT2D eigenvalue weighted by Gasteiger charge is 2.21. The molecule has 1 saturated heterocycles. The molecule has 0 unspecified atom stereocenters. The molecule has 154 valence electrons. The molecular weight excluding hydrogens is 376 g/mol. The van der Waals surface area contributed by atoms with Gasteiger partial charge in [0.1, 0.15) is 5.52 Å². The summed E-state index contributed by atoms with van der Waals surface area (Å²) in [5.41, 5.74) is 0.860. The molecule has 2 aromatic rings. The number of fused-ring (bicyclic) bond motifs is 1. The van der Waals surface area contributed by atoms with E-state index in [1.54, 1.807) is 25.6 Å². The van der Waals surface area contributed by atoms with Crippen molar-refractivity contribution in [2.45, 2.75) is 26.2 Å². The molecule has 1 amide bonds. The van der Waals surface area contributed by atoms with Gasteiger partial charge in [0, 0.05) is 45.7 Å². The van der Waals surface area contributed by atoms with Gasteiger partial charge >= 0.3 is 0 Å². The smallest absolute Gasteiger partial charge is 0.220 e. The molecule has 0 saturated carbocycles. The van der Waals surface area contributed by atoms with E-state index in [0.717, 1.165) is 67.5 Å². The number of hydrogen-bond donors (Lipinski definition) is 1. The Morgan fingerprint density at radius 2 is 2.00 bits per heavy atom. The fourth-order valence-corrected chi connectivity index (χ4v) is 4.39. The molecule has 0 bridgehead atoms. The standard InChI is InChI=1S/C20H30N4O3S/c1-4-5-6-17(25)21-9-10-23-11-13-24(14-12-23)20-22-18-16(28-20)8-7-15(26-2)19(18)27-3/h7-8H,4-6,9-14H2,1-3H3,(H,21,25). The zero-order chi connectivity index (χ0) is 19.9. The number of rotatable bonds is 9. The van der Waals surface area contributed by atoms with Crippen LogP contribution >= 0.6 is 11.3 Å². The summed E-state index contributed by atoms with van der Waals surface area (Å²) in [5, 5.41) is 4.04. The molecular formula is C20H30N4O3S. The monoisotopic (exact) mass is 406 g/mol. The lowest BCUT2D eigenvalue weighted by molar-refractivity contribution is -0.121. The van der Waals surface area contributed by atoms with Crippen molar-refractivity contribution in [1.29, 1.82) is 0 Å². The van der Waals surface area contributed by atoms with E-state index in [-0.39, 0.29) is 5.91 Å². The van der Waals surface area contributed by atoms with Gasteiger partial charge in [-0.2, -0.15) is 0 Å². The first-order chi connectivity index (χ1) is 13.7. The van der Waals surface area contributed by atoms with E-state index in [1.165, 1.54) is 0 Å². The van der Waals surface area contributed by atoms with Gasteiger partial charge in [-0.05, 0) is 18.6 Å². The van der Waals surface area contributed by atoms with Gasteiger partial charge in [-0.15, -0.1) is 0 Å². The largest absolute Gasteiger partial charge is 0.493 e. The molecule has 0 aliphatic carbocycles. The van der Waals surface area contributed by atoms with Crippen LogP contribution in [-0.2, 0) is 4.79 Å². The van der Waals surface area contributed by atoms with Gasteiger partial charge < -0.3 is 19.7 Å². The molecule has 28 heavy (non-hydrogen) atoms. The van der Waals surface area contributed by atoms with Crippen LogP contribution in [0.4, 0.5) is 5.13 Å². The summed E-state index contributed by atoms with van der Waals surface area (Å²) >= 11 is 1.69. The Labute approximate surface area is 170 Å². The van der Waals surface area contributed by atoms with E-state index in [1.807, 2.05) is 12.1 Å². The van der Waals surface area contributed by atoms with E-state index >= 15 is 0 Å². The summed E-state index contributed by atoms with van der Waals surface area (Å²) < 4.78 is 12.0. The van der Waals surface area contributed by atoms with Gasteiger partial charge in [0.25, 0.3) is 0 Å². The van der Waals surface area contributed by atoms with Crippen molar-refractivity contribution in [2.24, 2.45) is 0 Å². The number of nitrogens with zero attached hydrogens (tertiary/aromatic N) is 3. The van der Waals surface area contributed by atoms with Gasteiger partial charge in [0.05, 0.1) is 18.9 Å². The van der Waals surface area contributed by atoms with Crippen molar-refractivity contribution in [1.82, 2.24) is 15.2 Å². The van der Waals surface area contributed by atoms with E-state index in [9.17, 15) is 4.79 Å². The molecule has 1 aromatic carbocycles. The van der Waals surface area contributed by atoms with Crippen LogP contribution in [0.25, 0.3) is 10.2 Å². The third kappa shape index (κ3) is 4.86. The summed E-state index contributed by atoms with van der Waals surface area (Å²) in [7, 11) is 3.29. The van der Waals surface area contributed by atoms with E-state index in [4.69, 9.17) is 14.5 Å². The zero-order valence-electron chi connectivity index (χ0n) is 17.0. The molecule has 8 heteroatoms. The topological polar surface area (TPSA) is 66.9 Å². The second-order valence-electron chi connectivity index (χ2n) is 6.93. The zero-order valence-corrected chi connectivity index (χ0v) is 17.8. The minimum absolute atomic E-state index is 0.166. The van der Waals surface area contributed by atoms with Crippen LogP contribution in [0.1, 0.15) is 26.2 Å². The molecule has 0 radical (unpaired) electrons. The molecule has 1 fully saturated rings. The van der Waals surface area contributed by atoms with Gasteiger partial charge in [0.2, 0.25) is 5.91 Å². The molecule has 1 aromatic heterocycles. The number of thiazole rings is 1. The first kappa shape index (κ1) is 20.7. The second-order valence-corrected chi connectivity index (χ2v) is 7.94. The first-order valence-corrected chi connectivity index (χ1v) is 10.7. The number of piperazine rings is 1. The molecule has 3 rings (SSSR count). The van der Waals surface area contributed by atoms with Crippen LogP contribution in [0, 0.1) is 0 Å². The summed E-state index contributed by atoms with van der Waals surface area (Å²) in [4.78, 5) is 21.2. The molecule has 1 aliphatic heterocycles. The Balaban J connectivity index is 1.53. The minimum Gasteiger partial charge on any atom is -0.493 e. The minimum atomic E-state index is 0.166. The highest BCUT2D eigenvalue weighted by atomic mass is 32.1. The number of carbonyl (C=O) groups is 1. The van der Waals surface area contributed by atoms with Gasteiger partial charge in [-0.1, -0.05) is 24.7 Å². The van der Waals surface area contributed by atoms with Crippen LogP contribution in [0.15, 0.2) is 12.1 Å². The van der Waals surface area contributed by atoms with Crippen LogP contribution in [-0.4, -0.2) is 69.3 Å². The van der Waals surface area contributed by atoms with Crippen molar-refractivity contribution in [3.8, 4) is 11.5 Å². The first-order valence-electron chi connectivity index (χ1n) is 9.91. The van der Waals surface area contributed by atoms with Crippen LogP contribution < -0.4 is 19.7 Å². The number of methoxy groups -OCH3 is 2. The number of carbonyl (C=O) groups excluding carboxylic acids is 1. The Morgan fingerprint density at radius 3 is 2.68 bits per heavy atom. The van der Waals surface area contributed by atoms with Gasteiger partial charge in [0.15, 0.2) is 16.6 Å². The van der Waals surface area contributed by atoms with Crippen molar-refractivity contribution in [2.75, 3.05) is 58.4 Å². The maximum absolute atomic E-state index is 11.7. The van der Waals surface area contributed by atoms with E-state index in [2.05, 4.69) is 22.0 Å². The number of amides is 1. The maximum atomic E-state index is 11.7. The molecule has 7 nitrogen and oxygen atoms in total. The van der Waals surface area contributed by atoms with Crippen molar-refractivity contribution >= 4 is 32.6 Å². The summed E-state index contributed by atoms with van der Waals surface area (Å²) in [6, 6.07) is 3.96. The Bertz CT molecular complexity index is 787. The number of nitrogens with one attached hydrogen (secondary N) is 1. The molecule has 1 aliphatic rings. The Kier molecular flexibility index (Phi) is 7.33. The number of hydrogen-bond acceptors (Lipinski definition) is 7. The summed E-state index contributed by atoms with van der Waals surface area (Å²) in [6.45, 7) is 7.54. The number of aromatic nitrogens is 1. The Hall–Kier alpha value is -2.06. The van der Waals surface area contributed by atoms with E-state index < -0.39 is 0 Å². The summed E-state index contributed by atoms with van der Waals surface area (Å²) in [5.74, 6) is 1.57. The lowest BCUT2D eigenvalue weighted by Crippen LogP contribution is -2.48. The predicted molar refractivity (Wildman–Crippen MR) is 114 cm³/mol. The quantitative estimate of drug-likeness (QED) is 0.691. The van der Waals surface area contributed by atoms with Crippen LogP contribution in [0.2, 0.25) is 0 Å². The number of benzene rings is 1. The fraction of sp³-hybridized carbons (Fsp3) is 0.600. The van der Waals surface area contributed by atoms with Crippen molar-refractivity contribution in [3.63, 3.8) is 0 Å². The normalized spacial score (nSPS) is 15.0. The molecule has 2 heterocycles. The number of anilines is 1. The highest BCUT2D eigenvalue weighted by molar-refractivity contribution is 7.22. The van der Waals surface area contributed by atoms with Gasteiger partial charge in [-0.3, -0.25) is 9.69 Å². The third-order valence-corrected chi connectivity index (χ3v) is 6.12. The van der Waals surface area contributed by atoms with Crippen LogP contribution in [0.3, 0.4) is 0 Å². The van der Waals surface area contributed by atoms with Crippen molar-refractivity contribution < 1.29 is 14.3 Å². The Morgan fingerprint density at radius 1 is 1.21 bits per heavy atom. The number of unbranched alkanes of at least 4 members (excludes halogenated alkanes) is 1.